The Balaban J connectivity index is 2.07. The molecule has 0 saturated heterocycles. The van der Waals surface area contributed by atoms with Crippen molar-refractivity contribution in [1.29, 1.82) is 0 Å². The molecule has 12 heteroatoms. The highest BCUT2D eigenvalue weighted by Crippen LogP contribution is 2.37. The van der Waals surface area contributed by atoms with E-state index >= 15 is 0 Å². The fourth-order valence-electron chi connectivity index (χ4n) is 2.65. The van der Waals surface area contributed by atoms with E-state index in [9.17, 15) is 22.4 Å². The number of alkyl halides is 3. The van der Waals surface area contributed by atoms with Crippen LogP contribution in [0.25, 0.3) is 22.3 Å². The zero-order chi connectivity index (χ0) is 22.1. The van der Waals surface area contributed by atoms with E-state index in [1.54, 1.807) is 6.92 Å². The monoisotopic (exact) mass is 462 g/mol. The molecule has 160 valence electrons. The molecule has 0 bridgehead atoms. The SMILES string of the molecule is COCC(C)NC(=O)C=Cc1c(-c2ccc(F)cc2Cl)nc2sc(C(F)(F)F)nn12. The molecule has 1 amide bonds. The lowest BCUT2D eigenvalue weighted by Gasteiger charge is -2.10. The van der Waals surface area contributed by atoms with E-state index in [0.717, 1.165) is 22.7 Å². The van der Waals surface area contributed by atoms with Gasteiger partial charge in [0.2, 0.25) is 15.9 Å². The van der Waals surface area contributed by atoms with Crippen molar-refractivity contribution in [2.75, 3.05) is 13.7 Å². The van der Waals surface area contributed by atoms with Crippen LogP contribution in [0.3, 0.4) is 0 Å². The number of halogens is 5. The molecule has 6 nitrogen and oxygen atoms in total. The number of amides is 1. The zero-order valence-corrected chi connectivity index (χ0v) is 17.2. The molecule has 3 aromatic rings. The lowest BCUT2D eigenvalue weighted by molar-refractivity contribution is -0.138. The largest absolute Gasteiger partial charge is 0.445 e. The molecule has 0 radical (unpaired) electrons. The molecule has 0 saturated carbocycles. The van der Waals surface area contributed by atoms with Crippen LogP contribution in [0, 0.1) is 5.82 Å². The van der Waals surface area contributed by atoms with Crippen molar-refractivity contribution in [2.24, 2.45) is 0 Å². The number of aromatic nitrogens is 3. The van der Waals surface area contributed by atoms with Crippen LogP contribution in [0.15, 0.2) is 24.3 Å². The molecule has 2 heterocycles. The fraction of sp³-hybridized carbons (Fsp3) is 0.278. The van der Waals surface area contributed by atoms with Crippen molar-refractivity contribution >= 4 is 39.9 Å². The number of hydrogen-bond donors (Lipinski definition) is 1. The standard InChI is InChI=1S/C18H15ClF4N4O2S/c1-9(8-29-2)24-14(28)6-5-13-15(11-4-3-10(20)7-12(11)19)25-17-27(13)26-16(30-17)18(21,22)23/h3-7,9H,8H2,1-2H3,(H,24,28). The van der Waals surface area contributed by atoms with Crippen molar-refractivity contribution in [3.63, 3.8) is 0 Å². The second-order valence-corrected chi connectivity index (χ2v) is 7.63. The molecule has 0 fully saturated rings. The molecular weight excluding hydrogens is 448 g/mol. The Morgan fingerprint density at radius 1 is 1.43 bits per heavy atom. The Kier molecular flexibility index (Phi) is 6.44. The predicted octanol–water partition coefficient (Wildman–Crippen LogP) is 4.43. The topological polar surface area (TPSA) is 68.5 Å². The molecular formula is C18H15ClF4N4O2S. The first kappa shape index (κ1) is 22.2. The highest BCUT2D eigenvalue weighted by Gasteiger charge is 2.36. The second-order valence-electron chi connectivity index (χ2n) is 6.27. The number of benzene rings is 1. The molecule has 0 aliphatic carbocycles. The smallest absolute Gasteiger partial charge is 0.383 e. The molecule has 1 atom stereocenters. The summed E-state index contributed by atoms with van der Waals surface area (Å²) in [4.78, 5) is 16.3. The van der Waals surface area contributed by atoms with E-state index < -0.39 is 22.9 Å². The number of rotatable bonds is 6. The number of nitrogens with zero attached hydrogens (tertiary/aromatic N) is 3. The summed E-state index contributed by atoms with van der Waals surface area (Å²) >= 11 is 6.44. The molecule has 30 heavy (non-hydrogen) atoms. The highest BCUT2D eigenvalue weighted by atomic mass is 35.5. The molecule has 3 rings (SSSR count). The molecule has 1 N–H and O–H groups in total. The third-order valence-electron chi connectivity index (χ3n) is 3.86. The van der Waals surface area contributed by atoms with Crippen LogP contribution < -0.4 is 5.32 Å². The Bertz CT molecular complexity index is 1110. The summed E-state index contributed by atoms with van der Waals surface area (Å²) in [6.45, 7) is 2.01. The summed E-state index contributed by atoms with van der Waals surface area (Å²) < 4.78 is 58.5. The van der Waals surface area contributed by atoms with Crippen LogP contribution in [-0.4, -0.2) is 40.3 Å². The number of ether oxygens (including phenoxy) is 1. The van der Waals surface area contributed by atoms with Gasteiger partial charge >= 0.3 is 6.18 Å². The molecule has 0 aliphatic rings. The van der Waals surface area contributed by atoms with Crippen LogP contribution in [0.2, 0.25) is 5.02 Å². The van der Waals surface area contributed by atoms with Gasteiger partial charge in [-0.25, -0.2) is 13.9 Å². The van der Waals surface area contributed by atoms with Gasteiger partial charge in [-0.15, -0.1) is 5.10 Å². The first-order valence-corrected chi connectivity index (χ1v) is 9.69. The maximum Gasteiger partial charge on any atom is 0.445 e. The predicted molar refractivity (Wildman–Crippen MR) is 105 cm³/mol. The molecule has 1 aromatic carbocycles. The highest BCUT2D eigenvalue weighted by molar-refractivity contribution is 7.16. The number of methoxy groups -OCH3 is 1. The van der Waals surface area contributed by atoms with Gasteiger partial charge in [-0.05, 0) is 31.2 Å². The fourth-order valence-corrected chi connectivity index (χ4v) is 3.68. The second kappa shape index (κ2) is 8.70. The van der Waals surface area contributed by atoms with Crippen LogP contribution in [-0.2, 0) is 15.7 Å². The maximum atomic E-state index is 13.4. The number of carbonyl (C=O) groups is 1. The Morgan fingerprint density at radius 2 is 2.17 bits per heavy atom. The van der Waals surface area contributed by atoms with E-state index in [0.29, 0.717) is 11.3 Å². The average Bonchev–Trinajstić information content (AvgIpc) is 3.18. The van der Waals surface area contributed by atoms with E-state index in [1.165, 1.54) is 19.3 Å². The third-order valence-corrected chi connectivity index (χ3v) is 5.13. The van der Waals surface area contributed by atoms with Gasteiger partial charge in [0.1, 0.15) is 11.5 Å². The number of hydrogen-bond acceptors (Lipinski definition) is 5. The van der Waals surface area contributed by atoms with Gasteiger partial charge in [0.25, 0.3) is 0 Å². The summed E-state index contributed by atoms with van der Waals surface area (Å²) in [5.41, 5.74) is 0.554. The lowest BCUT2D eigenvalue weighted by Crippen LogP contribution is -2.34. The van der Waals surface area contributed by atoms with Gasteiger partial charge < -0.3 is 10.1 Å². The van der Waals surface area contributed by atoms with Crippen molar-refractivity contribution in [3.8, 4) is 11.3 Å². The molecule has 0 aliphatic heterocycles. The summed E-state index contributed by atoms with van der Waals surface area (Å²) in [7, 11) is 1.49. The third kappa shape index (κ3) is 4.79. The number of imidazole rings is 1. The zero-order valence-electron chi connectivity index (χ0n) is 15.6. The lowest BCUT2D eigenvalue weighted by atomic mass is 10.1. The summed E-state index contributed by atoms with van der Waals surface area (Å²) in [6.07, 6.45) is -2.22. The van der Waals surface area contributed by atoms with Gasteiger partial charge in [-0.1, -0.05) is 22.9 Å². The van der Waals surface area contributed by atoms with Crippen LogP contribution >= 0.6 is 22.9 Å². The van der Waals surface area contributed by atoms with Crippen LogP contribution in [0.5, 0.6) is 0 Å². The number of carbonyl (C=O) groups excluding carboxylic acids is 1. The van der Waals surface area contributed by atoms with E-state index in [4.69, 9.17) is 16.3 Å². The van der Waals surface area contributed by atoms with Crippen molar-refractivity contribution in [3.05, 3.63) is 45.8 Å². The van der Waals surface area contributed by atoms with Gasteiger partial charge in [-0.3, -0.25) is 4.79 Å². The molecule has 2 aromatic heterocycles. The Morgan fingerprint density at radius 3 is 2.80 bits per heavy atom. The van der Waals surface area contributed by atoms with Crippen molar-refractivity contribution in [1.82, 2.24) is 19.9 Å². The molecule has 1 unspecified atom stereocenters. The first-order valence-electron chi connectivity index (χ1n) is 8.50. The first-order chi connectivity index (χ1) is 14.1. The Labute approximate surface area is 177 Å². The van der Waals surface area contributed by atoms with Crippen molar-refractivity contribution in [2.45, 2.75) is 19.1 Å². The number of fused-ring (bicyclic) bond motifs is 1. The van der Waals surface area contributed by atoms with Crippen molar-refractivity contribution < 1.29 is 27.1 Å². The van der Waals surface area contributed by atoms with Crippen LogP contribution in [0.1, 0.15) is 17.6 Å². The number of nitrogens with one attached hydrogen (secondary N) is 1. The maximum absolute atomic E-state index is 13.4. The van der Waals surface area contributed by atoms with E-state index in [2.05, 4.69) is 15.4 Å². The quantitative estimate of drug-likeness (QED) is 0.434. The van der Waals surface area contributed by atoms with Gasteiger partial charge in [-0.2, -0.15) is 13.2 Å². The minimum atomic E-state index is -4.65. The summed E-state index contributed by atoms with van der Waals surface area (Å²) in [6, 6.07) is 3.29. The van der Waals surface area contributed by atoms with Gasteiger partial charge in [0.15, 0.2) is 0 Å². The summed E-state index contributed by atoms with van der Waals surface area (Å²) in [5.74, 6) is -1.07. The van der Waals surface area contributed by atoms with Gasteiger partial charge in [0.05, 0.1) is 17.3 Å². The van der Waals surface area contributed by atoms with E-state index in [1.807, 2.05) is 0 Å². The van der Waals surface area contributed by atoms with E-state index in [-0.39, 0.29) is 39.6 Å². The molecule has 0 spiro atoms. The summed E-state index contributed by atoms with van der Waals surface area (Å²) in [5, 5.41) is 5.15. The minimum absolute atomic E-state index is 0.0182. The normalized spacial score (nSPS) is 13.3. The Hall–Kier alpha value is -2.50. The van der Waals surface area contributed by atoms with Crippen LogP contribution in [0.4, 0.5) is 17.6 Å². The average molecular weight is 463 g/mol. The minimum Gasteiger partial charge on any atom is -0.383 e. The van der Waals surface area contributed by atoms with Gasteiger partial charge in [0, 0.05) is 24.8 Å².